The number of methoxy groups -OCH3 is 2. The van der Waals surface area contributed by atoms with E-state index in [-0.39, 0.29) is 5.91 Å². The Balaban J connectivity index is 1.67. The number of nitrogens with zero attached hydrogens (tertiary/aromatic N) is 1. The van der Waals surface area contributed by atoms with Gasteiger partial charge in [-0.1, -0.05) is 30.3 Å². The van der Waals surface area contributed by atoms with Crippen molar-refractivity contribution in [3.63, 3.8) is 0 Å². The molecule has 1 N–H and O–H groups in total. The van der Waals surface area contributed by atoms with Crippen LogP contribution in [0.1, 0.15) is 19.4 Å². The van der Waals surface area contributed by atoms with Gasteiger partial charge >= 0.3 is 0 Å². The molecule has 0 saturated carbocycles. The highest BCUT2D eigenvalue weighted by Crippen LogP contribution is 2.25. The maximum Gasteiger partial charge on any atom is 0.280 e. The summed E-state index contributed by atoms with van der Waals surface area (Å²) in [6, 6.07) is 19.1. The van der Waals surface area contributed by atoms with Gasteiger partial charge in [0.2, 0.25) is 0 Å². The second-order valence-electron chi connectivity index (χ2n) is 6.51. The van der Waals surface area contributed by atoms with Crippen LogP contribution in [0, 0.1) is 0 Å². The molecule has 150 valence electrons. The average Bonchev–Trinajstić information content (AvgIpc) is 2.76. The highest BCUT2D eigenvalue weighted by molar-refractivity contribution is 6.01. The van der Waals surface area contributed by atoms with Crippen molar-refractivity contribution in [3.8, 4) is 17.2 Å². The van der Waals surface area contributed by atoms with E-state index < -0.39 is 6.10 Å². The lowest BCUT2D eigenvalue weighted by Crippen LogP contribution is -2.34. The summed E-state index contributed by atoms with van der Waals surface area (Å²) in [5, 5.41) is 6.36. The first-order valence-electron chi connectivity index (χ1n) is 9.24. The molecule has 3 rings (SSSR count). The summed E-state index contributed by atoms with van der Waals surface area (Å²) in [5.74, 6) is 1.58. The summed E-state index contributed by atoms with van der Waals surface area (Å²) in [6.07, 6.45) is -0.703. The Morgan fingerprint density at radius 1 is 0.931 bits per heavy atom. The smallest absolute Gasteiger partial charge is 0.280 e. The van der Waals surface area contributed by atoms with E-state index in [4.69, 9.17) is 14.2 Å². The van der Waals surface area contributed by atoms with E-state index in [0.29, 0.717) is 23.0 Å². The quantitative estimate of drug-likeness (QED) is 0.484. The molecule has 29 heavy (non-hydrogen) atoms. The first kappa shape index (κ1) is 20.2. The SMILES string of the molecule is COc1ccc(/C(C)=N/NC(=O)C(C)Oc2ccc3ccccc3c2)c(OC)c1. The summed E-state index contributed by atoms with van der Waals surface area (Å²) < 4.78 is 16.4. The lowest BCUT2D eigenvalue weighted by molar-refractivity contribution is -0.127. The first-order chi connectivity index (χ1) is 14.0. The number of nitrogens with one attached hydrogen (secondary N) is 1. The second-order valence-corrected chi connectivity index (χ2v) is 6.51. The minimum absolute atomic E-state index is 0.343. The average molecular weight is 392 g/mol. The minimum Gasteiger partial charge on any atom is -0.497 e. The molecule has 0 aliphatic carbocycles. The number of hydrogen-bond acceptors (Lipinski definition) is 5. The number of fused-ring (bicyclic) bond motifs is 1. The fraction of sp³-hybridized carbons (Fsp3) is 0.217. The van der Waals surface area contributed by atoms with Crippen LogP contribution in [-0.2, 0) is 4.79 Å². The molecular formula is C23H24N2O4. The monoisotopic (exact) mass is 392 g/mol. The van der Waals surface area contributed by atoms with Crippen molar-refractivity contribution >= 4 is 22.4 Å². The molecule has 1 atom stereocenters. The highest BCUT2D eigenvalue weighted by Gasteiger charge is 2.15. The van der Waals surface area contributed by atoms with Gasteiger partial charge in [-0.05, 0) is 48.9 Å². The van der Waals surface area contributed by atoms with Crippen LogP contribution in [0.4, 0.5) is 0 Å². The van der Waals surface area contributed by atoms with E-state index in [1.165, 1.54) is 0 Å². The topological polar surface area (TPSA) is 69.2 Å². The van der Waals surface area contributed by atoms with Crippen LogP contribution in [0.5, 0.6) is 17.2 Å². The van der Waals surface area contributed by atoms with E-state index in [0.717, 1.165) is 16.3 Å². The number of amides is 1. The molecule has 0 saturated heterocycles. The summed E-state index contributed by atoms with van der Waals surface area (Å²) >= 11 is 0. The van der Waals surface area contributed by atoms with Crippen LogP contribution in [-0.4, -0.2) is 31.9 Å². The van der Waals surface area contributed by atoms with Crippen molar-refractivity contribution in [2.75, 3.05) is 14.2 Å². The third kappa shape index (κ3) is 4.85. The van der Waals surface area contributed by atoms with Crippen molar-refractivity contribution in [1.29, 1.82) is 0 Å². The normalized spacial score (nSPS) is 12.3. The molecule has 0 heterocycles. The van der Waals surface area contributed by atoms with E-state index in [9.17, 15) is 4.79 Å². The third-order valence-corrected chi connectivity index (χ3v) is 4.54. The van der Waals surface area contributed by atoms with E-state index in [1.807, 2.05) is 54.6 Å². The molecule has 3 aromatic rings. The van der Waals surface area contributed by atoms with Gasteiger partial charge in [-0.25, -0.2) is 5.43 Å². The van der Waals surface area contributed by atoms with Crippen LogP contribution in [0.3, 0.4) is 0 Å². The van der Waals surface area contributed by atoms with Gasteiger partial charge in [0.05, 0.1) is 19.9 Å². The predicted octanol–water partition coefficient (Wildman–Crippen LogP) is 4.16. The Morgan fingerprint density at radius 2 is 1.66 bits per heavy atom. The van der Waals surface area contributed by atoms with Gasteiger partial charge in [0.25, 0.3) is 5.91 Å². The van der Waals surface area contributed by atoms with Crippen LogP contribution in [0.25, 0.3) is 10.8 Å². The second kappa shape index (κ2) is 9.10. The number of hydrazone groups is 1. The van der Waals surface area contributed by atoms with Crippen LogP contribution in [0.15, 0.2) is 65.8 Å². The first-order valence-corrected chi connectivity index (χ1v) is 9.24. The number of carbonyl (C=O) groups excluding carboxylic acids is 1. The van der Waals surface area contributed by atoms with Gasteiger partial charge in [-0.3, -0.25) is 4.79 Å². The Labute approximate surface area is 170 Å². The van der Waals surface area contributed by atoms with Crippen LogP contribution >= 0.6 is 0 Å². The molecule has 0 aromatic heterocycles. The molecule has 1 amide bonds. The Kier molecular flexibility index (Phi) is 6.34. The standard InChI is InChI=1S/C23H24N2O4/c1-15(21-12-11-19(27-3)14-22(21)28-4)24-25-23(26)16(2)29-20-10-9-17-7-5-6-8-18(17)13-20/h5-14,16H,1-4H3,(H,25,26)/b24-15+. The van der Waals surface area contributed by atoms with Crippen molar-refractivity contribution in [2.45, 2.75) is 20.0 Å². The number of benzene rings is 3. The molecule has 6 heteroatoms. The number of rotatable bonds is 7. The van der Waals surface area contributed by atoms with Gasteiger partial charge in [-0.15, -0.1) is 0 Å². The van der Waals surface area contributed by atoms with Gasteiger partial charge in [0.15, 0.2) is 6.10 Å². The van der Waals surface area contributed by atoms with Crippen molar-refractivity contribution in [2.24, 2.45) is 5.10 Å². The van der Waals surface area contributed by atoms with Gasteiger partial charge in [0, 0.05) is 11.6 Å². The summed E-state index contributed by atoms with van der Waals surface area (Å²) in [6.45, 7) is 3.48. The van der Waals surface area contributed by atoms with E-state index >= 15 is 0 Å². The molecular weight excluding hydrogens is 368 g/mol. The molecule has 0 aliphatic rings. The van der Waals surface area contributed by atoms with Gasteiger partial charge < -0.3 is 14.2 Å². The minimum atomic E-state index is -0.703. The van der Waals surface area contributed by atoms with E-state index in [1.54, 1.807) is 34.1 Å². The summed E-state index contributed by atoms with van der Waals surface area (Å²) in [5.41, 5.74) is 3.92. The van der Waals surface area contributed by atoms with Crippen LogP contribution < -0.4 is 19.6 Å². The molecule has 0 spiro atoms. The van der Waals surface area contributed by atoms with Gasteiger partial charge in [-0.2, -0.15) is 5.10 Å². The van der Waals surface area contributed by atoms with E-state index in [2.05, 4.69) is 10.5 Å². The molecule has 3 aromatic carbocycles. The van der Waals surface area contributed by atoms with Crippen molar-refractivity contribution in [3.05, 3.63) is 66.2 Å². The number of hydrogen-bond donors (Lipinski definition) is 1. The summed E-state index contributed by atoms with van der Waals surface area (Å²) in [7, 11) is 3.16. The zero-order chi connectivity index (χ0) is 20.8. The number of ether oxygens (including phenoxy) is 3. The zero-order valence-electron chi connectivity index (χ0n) is 16.9. The van der Waals surface area contributed by atoms with Crippen molar-refractivity contribution < 1.29 is 19.0 Å². The molecule has 0 aliphatic heterocycles. The molecule has 0 radical (unpaired) electrons. The predicted molar refractivity (Wildman–Crippen MR) is 114 cm³/mol. The van der Waals surface area contributed by atoms with Gasteiger partial charge in [0.1, 0.15) is 17.2 Å². The fourth-order valence-corrected chi connectivity index (χ4v) is 2.89. The van der Waals surface area contributed by atoms with Crippen LogP contribution in [0.2, 0.25) is 0 Å². The Bertz CT molecular complexity index is 1050. The zero-order valence-corrected chi connectivity index (χ0v) is 16.9. The lowest BCUT2D eigenvalue weighted by atomic mass is 10.1. The lowest BCUT2D eigenvalue weighted by Gasteiger charge is -2.14. The third-order valence-electron chi connectivity index (χ3n) is 4.54. The Morgan fingerprint density at radius 3 is 2.38 bits per heavy atom. The Hall–Kier alpha value is -3.54. The summed E-state index contributed by atoms with van der Waals surface area (Å²) in [4.78, 5) is 12.4. The van der Waals surface area contributed by atoms with Crippen molar-refractivity contribution in [1.82, 2.24) is 5.43 Å². The maximum atomic E-state index is 12.4. The number of carbonyl (C=O) groups is 1. The molecule has 1 unspecified atom stereocenters. The molecule has 6 nitrogen and oxygen atoms in total. The largest absolute Gasteiger partial charge is 0.497 e. The highest BCUT2D eigenvalue weighted by atomic mass is 16.5. The molecule has 0 fully saturated rings. The maximum absolute atomic E-state index is 12.4. The fourth-order valence-electron chi connectivity index (χ4n) is 2.89. The molecule has 0 bridgehead atoms.